The van der Waals surface area contributed by atoms with Gasteiger partial charge in [-0.05, 0) is 93.1 Å². The van der Waals surface area contributed by atoms with Crippen molar-refractivity contribution < 1.29 is 37.0 Å². The molecule has 0 atom stereocenters. The van der Waals surface area contributed by atoms with Crippen LogP contribution in [0.3, 0.4) is 0 Å². The molecule has 0 spiro atoms. The number of rotatable bonds is 14. The van der Waals surface area contributed by atoms with Crippen LogP contribution in [0.5, 0.6) is 11.5 Å². The number of carbonyl (C=O) groups is 2. The fraction of sp³-hybridized carbons (Fsp3) is 0.375. The molecule has 0 fully saturated rings. The Balaban J connectivity index is 1.59. The predicted molar refractivity (Wildman–Crippen MR) is 151 cm³/mol. The van der Waals surface area contributed by atoms with E-state index in [4.69, 9.17) is 9.47 Å². The van der Waals surface area contributed by atoms with E-state index in [-0.39, 0.29) is 23.7 Å². The Kier molecular flexibility index (Phi) is 11.6. The second-order valence-corrected chi connectivity index (χ2v) is 9.79. The average Bonchev–Trinajstić information content (AvgIpc) is 2.93. The highest BCUT2D eigenvalue weighted by atomic mass is 19.4. The number of amides is 1. The van der Waals surface area contributed by atoms with E-state index in [9.17, 15) is 22.8 Å². The Morgan fingerprint density at radius 1 is 0.854 bits per heavy atom. The van der Waals surface area contributed by atoms with Crippen LogP contribution in [0.15, 0.2) is 72.8 Å². The van der Waals surface area contributed by atoms with Gasteiger partial charge in [-0.2, -0.15) is 0 Å². The van der Waals surface area contributed by atoms with E-state index < -0.39 is 6.36 Å². The fourth-order valence-electron chi connectivity index (χ4n) is 4.23. The highest BCUT2D eigenvalue weighted by molar-refractivity contribution is 5.95. The SMILES string of the molecule is CCOC(=O)CCCCCOc1cccc(CN(C(=O)c2ccc(-c3cccc(OC(F)(F)F)c3)cc2)C(C)C)c1. The van der Waals surface area contributed by atoms with Gasteiger partial charge in [0.25, 0.3) is 5.91 Å². The van der Waals surface area contributed by atoms with Gasteiger partial charge in [-0.25, -0.2) is 0 Å². The number of alkyl halides is 3. The molecule has 0 unspecified atom stereocenters. The lowest BCUT2D eigenvalue weighted by molar-refractivity contribution is -0.274. The second-order valence-electron chi connectivity index (χ2n) is 9.79. The molecule has 0 bridgehead atoms. The van der Waals surface area contributed by atoms with Crippen LogP contribution in [0.1, 0.15) is 62.4 Å². The van der Waals surface area contributed by atoms with Gasteiger partial charge in [0.05, 0.1) is 13.2 Å². The number of benzene rings is 3. The normalized spacial score (nSPS) is 11.3. The van der Waals surface area contributed by atoms with Crippen LogP contribution in [0, 0.1) is 0 Å². The van der Waals surface area contributed by atoms with Crippen molar-refractivity contribution in [1.82, 2.24) is 4.90 Å². The molecule has 41 heavy (non-hydrogen) atoms. The number of esters is 1. The molecule has 0 aromatic heterocycles. The molecule has 0 aliphatic carbocycles. The maximum Gasteiger partial charge on any atom is 0.573 e. The van der Waals surface area contributed by atoms with Gasteiger partial charge >= 0.3 is 12.3 Å². The summed E-state index contributed by atoms with van der Waals surface area (Å²) in [4.78, 5) is 26.6. The average molecular weight is 572 g/mol. The van der Waals surface area contributed by atoms with E-state index in [0.29, 0.717) is 48.6 Å². The quantitative estimate of drug-likeness (QED) is 0.146. The number of nitrogens with zero attached hydrogens (tertiary/aromatic N) is 1. The third-order valence-electron chi connectivity index (χ3n) is 6.27. The molecule has 3 aromatic carbocycles. The third-order valence-corrected chi connectivity index (χ3v) is 6.27. The first-order valence-electron chi connectivity index (χ1n) is 13.7. The monoisotopic (exact) mass is 571 g/mol. The largest absolute Gasteiger partial charge is 0.573 e. The van der Waals surface area contributed by atoms with Crippen molar-refractivity contribution in [2.24, 2.45) is 0 Å². The summed E-state index contributed by atoms with van der Waals surface area (Å²) in [6.45, 7) is 6.97. The molecule has 0 aliphatic rings. The maximum absolute atomic E-state index is 13.4. The molecule has 0 aliphatic heterocycles. The van der Waals surface area contributed by atoms with Crippen LogP contribution >= 0.6 is 0 Å². The Bertz CT molecular complexity index is 1270. The van der Waals surface area contributed by atoms with Crippen molar-refractivity contribution in [3.63, 3.8) is 0 Å². The topological polar surface area (TPSA) is 65.1 Å². The Labute approximate surface area is 239 Å². The molecule has 0 radical (unpaired) electrons. The van der Waals surface area contributed by atoms with E-state index in [1.807, 2.05) is 38.1 Å². The van der Waals surface area contributed by atoms with Crippen LogP contribution in [0.2, 0.25) is 0 Å². The van der Waals surface area contributed by atoms with Gasteiger partial charge in [0, 0.05) is 24.6 Å². The van der Waals surface area contributed by atoms with Gasteiger partial charge in [-0.1, -0.05) is 36.4 Å². The standard InChI is InChI=1S/C32H36F3NO5/c1-4-39-30(37)14-6-5-7-19-40-28-12-8-10-24(20-28)22-36(23(2)3)31(38)26-17-15-25(16-18-26)27-11-9-13-29(21-27)41-32(33,34)35/h8-13,15-18,20-21,23H,4-7,14,19,22H2,1-3H3. The van der Waals surface area contributed by atoms with Crippen molar-refractivity contribution in [1.29, 1.82) is 0 Å². The van der Waals surface area contributed by atoms with Gasteiger partial charge < -0.3 is 19.1 Å². The summed E-state index contributed by atoms with van der Waals surface area (Å²) >= 11 is 0. The molecule has 3 rings (SSSR count). The Morgan fingerprint density at radius 3 is 2.24 bits per heavy atom. The lowest BCUT2D eigenvalue weighted by atomic mass is 10.0. The number of unbranched alkanes of at least 4 members (excludes halogenated alkanes) is 2. The third kappa shape index (κ3) is 10.5. The predicted octanol–water partition coefficient (Wildman–Crippen LogP) is 7.81. The molecule has 0 saturated carbocycles. The molecule has 1 amide bonds. The van der Waals surface area contributed by atoms with Gasteiger partial charge in [0.15, 0.2) is 0 Å². The van der Waals surface area contributed by atoms with Crippen LogP contribution in [-0.2, 0) is 16.1 Å². The summed E-state index contributed by atoms with van der Waals surface area (Å²) in [5.41, 5.74) is 2.60. The van der Waals surface area contributed by atoms with Gasteiger partial charge in [0.1, 0.15) is 11.5 Å². The summed E-state index contributed by atoms with van der Waals surface area (Å²) in [7, 11) is 0. The van der Waals surface area contributed by atoms with Crippen LogP contribution in [0.25, 0.3) is 11.1 Å². The Morgan fingerprint density at radius 2 is 1.56 bits per heavy atom. The number of halogens is 3. The van der Waals surface area contributed by atoms with E-state index in [1.165, 1.54) is 18.2 Å². The van der Waals surface area contributed by atoms with Crippen LogP contribution in [-0.4, -0.2) is 42.4 Å². The number of hydrogen-bond acceptors (Lipinski definition) is 5. The molecule has 0 heterocycles. The first kappa shape index (κ1) is 31.5. The number of ether oxygens (including phenoxy) is 3. The smallest absolute Gasteiger partial charge is 0.494 e. The summed E-state index contributed by atoms with van der Waals surface area (Å²) in [6, 6.07) is 20.0. The molecular weight excluding hydrogens is 535 g/mol. The van der Waals surface area contributed by atoms with E-state index >= 15 is 0 Å². The zero-order valence-electron chi connectivity index (χ0n) is 23.6. The fourth-order valence-corrected chi connectivity index (χ4v) is 4.23. The zero-order valence-corrected chi connectivity index (χ0v) is 23.6. The summed E-state index contributed by atoms with van der Waals surface area (Å²) in [6.07, 6.45) is -1.92. The first-order chi connectivity index (χ1) is 19.6. The molecule has 0 saturated heterocycles. The van der Waals surface area contributed by atoms with E-state index in [1.54, 1.807) is 42.2 Å². The van der Waals surface area contributed by atoms with Crippen molar-refractivity contribution >= 4 is 11.9 Å². The molecular formula is C32H36F3NO5. The number of carbonyl (C=O) groups excluding carboxylic acids is 2. The first-order valence-corrected chi connectivity index (χ1v) is 13.7. The summed E-state index contributed by atoms with van der Waals surface area (Å²) < 4.78 is 52.6. The molecule has 9 heteroatoms. The molecule has 3 aromatic rings. The van der Waals surface area contributed by atoms with E-state index in [2.05, 4.69) is 4.74 Å². The summed E-state index contributed by atoms with van der Waals surface area (Å²) in [5, 5.41) is 0. The minimum absolute atomic E-state index is 0.0812. The minimum atomic E-state index is -4.77. The number of hydrogen-bond donors (Lipinski definition) is 0. The van der Waals surface area contributed by atoms with Gasteiger partial charge in [-0.3, -0.25) is 9.59 Å². The molecule has 6 nitrogen and oxygen atoms in total. The minimum Gasteiger partial charge on any atom is -0.494 e. The van der Waals surface area contributed by atoms with Crippen LogP contribution in [0.4, 0.5) is 13.2 Å². The molecule has 0 N–H and O–H groups in total. The van der Waals surface area contributed by atoms with Crippen molar-refractivity contribution in [3.8, 4) is 22.6 Å². The zero-order chi connectivity index (χ0) is 29.8. The summed E-state index contributed by atoms with van der Waals surface area (Å²) in [5.74, 6) is 0.0752. The highest BCUT2D eigenvalue weighted by Gasteiger charge is 2.31. The lowest BCUT2D eigenvalue weighted by Crippen LogP contribution is -2.36. The van der Waals surface area contributed by atoms with Crippen molar-refractivity contribution in [3.05, 3.63) is 83.9 Å². The molecule has 220 valence electrons. The maximum atomic E-state index is 13.4. The highest BCUT2D eigenvalue weighted by Crippen LogP contribution is 2.28. The van der Waals surface area contributed by atoms with Gasteiger partial charge in [0.2, 0.25) is 0 Å². The lowest BCUT2D eigenvalue weighted by Gasteiger charge is -2.27. The Hall–Kier alpha value is -4.01. The van der Waals surface area contributed by atoms with Crippen molar-refractivity contribution in [2.45, 2.75) is 65.4 Å². The van der Waals surface area contributed by atoms with Gasteiger partial charge in [-0.15, -0.1) is 13.2 Å². The van der Waals surface area contributed by atoms with Crippen LogP contribution < -0.4 is 9.47 Å². The van der Waals surface area contributed by atoms with Crippen molar-refractivity contribution in [2.75, 3.05) is 13.2 Å². The second kappa shape index (κ2) is 15.1. The van der Waals surface area contributed by atoms with E-state index in [0.717, 1.165) is 24.8 Å².